The van der Waals surface area contributed by atoms with Gasteiger partial charge in [-0.1, -0.05) is 0 Å². The van der Waals surface area contributed by atoms with E-state index >= 15 is 0 Å². The highest BCUT2D eigenvalue weighted by atomic mass is 16.6. The normalized spacial score (nSPS) is 43.8. The average Bonchev–Trinajstić information content (AvgIpc) is 2.10. The van der Waals surface area contributed by atoms with E-state index in [9.17, 15) is 0 Å². The molecule has 0 spiro atoms. The largest absolute Gasteiger partial charge is 0.391 e. The topological polar surface area (TPSA) is 69.9 Å². The second-order valence-electron chi connectivity index (χ2n) is 2.60. The zero-order chi connectivity index (χ0) is 7.72. The molecule has 0 bridgehead atoms. The quantitative estimate of drug-likeness (QED) is 0.438. The smallest absolute Gasteiger partial charge is 0.157 e. The number of rotatable bonds is 1. The van der Waals surface area contributed by atoms with Gasteiger partial charge in [0.1, 0.15) is 6.10 Å². The number of hydrogen-bond acceptors (Lipinski definition) is 4. The molecular formula is C6H12O4. The maximum absolute atomic E-state index is 9.08. The van der Waals surface area contributed by atoms with Crippen LogP contribution in [0.4, 0.5) is 0 Å². The van der Waals surface area contributed by atoms with Crippen LogP contribution in [0.25, 0.3) is 0 Å². The SMILES string of the molecule is C[C@H](O)[C@H]1O[C@H](O)C[C@@H]1O. The molecular weight excluding hydrogens is 136 g/mol. The van der Waals surface area contributed by atoms with Crippen LogP contribution in [0, 0.1) is 0 Å². The lowest BCUT2D eigenvalue weighted by Gasteiger charge is -2.15. The van der Waals surface area contributed by atoms with E-state index in [4.69, 9.17) is 20.1 Å². The minimum atomic E-state index is -0.922. The first-order valence-electron chi connectivity index (χ1n) is 3.31. The van der Waals surface area contributed by atoms with Gasteiger partial charge in [0, 0.05) is 6.42 Å². The van der Waals surface area contributed by atoms with Crippen molar-refractivity contribution in [2.24, 2.45) is 0 Å². The molecule has 4 heteroatoms. The van der Waals surface area contributed by atoms with Gasteiger partial charge < -0.3 is 20.1 Å². The third-order valence-electron chi connectivity index (χ3n) is 1.61. The van der Waals surface area contributed by atoms with Crippen LogP contribution in [-0.4, -0.2) is 39.9 Å². The fourth-order valence-electron chi connectivity index (χ4n) is 1.10. The molecule has 10 heavy (non-hydrogen) atoms. The predicted molar refractivity (Wildman–Crippen MR) is 33.2 cm³/mol. The summed E-state index contributed by atoms with van der Waals surface area (Å²) in [5, 5.41) is 26.9. The predicted octanol–water partition coefficient (Wildman–Crippen LogP) is -1.16. The number of aliphatic hydroxyl groups excluding tert-OH is 3. The van der Waals surface area contributed by atoms with E-state index in [0.29, 0.717) is 0 Å². The third kappa shape index (κ3) is 1.46. The van der Waals surface area contributed by atoms with Crippen molar-refractivity contribution in [3.63, 3.8) is 0 Å². The Morgan fingerprint density at radius 3 is 2.30 bits per heavy atom. The maximum Gasteiger partial charge on any atom is 0.157 e. The van der Waals surface area contributed by atoms with Crippen molar-refractivity contribution in [1.82, 2.24) is 0 Å². The average molecular weight is 148 g/mol. The van der Waals surface area contributed by atoms with Crippen molar-refractivity contribution >= 4 is 0 Å². The van der Waals surface area contributed by atoms with Gasteiger partial charge in [0.15, 0.2) is 6.29 Å². The molecule has 1 aliphatic rings. The molecule has 0 aromatic rings. The van der Waals surface area contributed by atoms with E-state index in [1.54, 1.807) is 0 Å². The summed E-state index contributed by atoms with van der Waals surface area (Å²) in [6.07, 6.45) is -2.83. The van der Waals surface area contributed by atoms with Gasteiger partial charge >= 0.3 is 0 Å². The molecule has 0 aliphatic carbocycles. The first-order chi connectivity index (χ1) is 4.61. The Bertz CT molecular complexity index is 114. The Morgan fingerprint density at radius 1 is 1.50 bits per heavy atom. The van der Waals surface area contributed by atoms with Gasteiger partial charge in [0.25, 0.3) is 0 Å². The molecule has 60 valence electrons. The molecule has 1 aliphatic heterocycles. The van der Waals surface area contributed by atoms with E-state index in [1.165, 1.54) is 6.92 Å². The zero-order valence-corrected chi connectivity index (χ0v) is 5.77. The summed E-state index contributed by atoms with van der Waals surface area (Å²) in [5.74, 6) is 0. The van der Waals surface area contributed by atoms with Gasteiger partial charge in [-0.05, 0) is 6.92 Å². The minimum absolute atomic E-state index is 0.190. The number of aliphatic hydroxyl groups is 3. The molecule has 1 saturated heterocycles. The lowest BCUT2D eigenvalue weighted by Crippen LogP contribution is -2.32. The molecule has 0 saturated carbocycles. The molecule has 1 heterocycles. The second kappa shape index (κ2) is 2.84. The van der Waals surface area contributed by atoms with E-state index < -0.39 is 24.6 Å². The van der Waals surface area contributed by atoms with Gasteiger partial charge in [0.05, 0.1) is 12.2 Å². The Morgan fingerprint density at radius 2 is 2.10 bits per heavy atom. The lowest BCUT2D eigenvalue weighted by atomic mass is 10.1. The fourth-order valence-corrected chi connectivity index (χ4v) is 1.10. The van der Waals surface area contributed by atoms with Crippen LogP contribution < -0.4 is 0 Å². The monoisotopic (exact) mass is 148 g/mol. The van der Waals surface area contributed by atoms with E-state index in [1.807, 2.05) is 0 Å². The summed E-state index contributed by atoms with van der Waals surface area (Å²) >= 11 is 0. The standard InChI is InChI=1S/C6H12O4/c1-3(7)6-4(8)2-5(9)10-6/h3-9H,2H2,1H3/t3-,4-,5-,6+/m0/s1. The highest BCUT2D eigenvalue weighted by Gasteiger charge is 2.35. The lowest BCUT2D eigenvalue weighted by molar-refractivity contribution is -0.125. The van der Waals surface area contributed by atoms with E-state index in [-0.39, 0.29) is 6.42 Å². The van der Waals surface area contributed by atoms with Gasteiger partial charge in [-0.25, -0.2) is 0 Å². The van der Waals surface area contributed by atoms with Gasteiger partial charge in [0.2, 0.25) is 0 Å². The molecule has 0 amide bonds. The van der Waals surface area contributed by atoms with Crippen molar-refractivity contribution in [3.05, 3.63) is 0 Å². The van der Waals surface area contributed by atoms with E-state index in [2.05, 4.69) is 0 Å². The fraction of sp³-hybridized carbons (Fsp3) is 1.00. The summed E-state index contributed by atoms with van der Waals surface area (Å²) in [4.78, 5) is 0. The van der Waals surface area contributed by atoms with Crippen molar-refractivity contribution in [2.45, 2.75) is 37.9 Å². The third-order valence-corrected chi connectivity index (χ3v) is 1.61. The summed E-state index contributed by atoms with van der Waals surface area (Å²) in [6.45, 7) is 1.52. The zero-order valence-electron chi connectivity index (χ0n) is 5.77. The summed E-state index contributed by atoms with van der Waals surface area (Å²) in [6, 6.07) is 0. The molecule has 4 nitrogen and oxygen atoms in total. The molecule has 1 rings (SSSR count). The summed E-state index contributed by atoms with van der Waals surface area (Å²) in [5.41, 5.74) is 0. The first kappa shape index (κ1) is 7.94. The Hall–Kier alpha value is -0.160. The van der Waals surface area contributed by atoms with Crippen LogP contribution in [0.15, 0.2) is 0 Å². The van der Waals surface area contributed by atoms with Gasteiger partial charge in [-0.3, -0.25) is 0 Å². The molecule has 0 aromatic carbocycles. The van der Waals surface area contributed by atoms with Crippen LogP contribution in [0.5, 0.6) is 0 Å². The van der Waals surface area contributed by atoms with Crippen LogP contribution in [0.3, 0.4) is 0 Å². The Balaban J connectivity index is 2.46. The molecule has 4 atom stereocenters. The van der Waals surface area contributed by atoms with Gasteiger partial charge in [-0.15, -0.1) is 0 Å². The molecule has 0 aromatic heterocycles. The van der Waals surface area contributed by atoms with E-state index in [0.717, 1.165) is 0 Å². The minimum Gasteiger partial charge on any atom is -0.391 e. The van der Waals surface area contributed by atoms with Crippen LogP contribution in [0.1, 0.15) is 13.3 Å². The van der Waals surface area contributed by atoms with Crippen molar-refractivity contribution in [3.8, 4) is 0 Å². The summed E-state index contributed by atoms with van der Waals surface area (Å²) < 4.78 is 4.79. The molecule has 3 N–H and O–H groups in total. The molecule has 0 radical (unpaired) electrons. The maximum atomic E-state index is 9.08. The van der Waals surface area contributed by atoms with Gasteiger partial charge in [-0.2, -0.15) is 0 Å². The molecule has 1 fully saturated rings. The number of hydrogen-bond donors (Lipinski definition) is 3. The van der Waals surface area contributed by atoms with Crippen LogP contribution in [-0.2, 0) is 4.74 Å². The Labute approximate surface area is 59.1 Å². The molecule has 0 unspecified atom stereocenters. The highest BCUT2D eigenvalue weighted by molar-refractivity contribution is 4.80. The summed E-state index contributed by atoms with van der Waals surface area (Å²) in [7, 11) is 0. The number of ether oxygens (including phenoxy) is 1. The van der Waals surface area contributed by atoms with Crippen molar-refractivity contribution in [1.29, 1.82) is 0 Å². The highest BCUT2D eigenvalue weighted by Crippen LogP contribution is 2.20. The van der Waals surface area contributed by atoms with Crippen LogP contribution in [0.2, 0.25) is 0 Å². The first-order valence-corrected chi connectivity index (χ1v) is 3.31. The van der Waals surface area contributed by atoms with Crippen molar-refractivity contribution < 1.29 is 20.1 Å². The second-order valence-corrected chi connectivity index (χ2v) is 2.60. The Kier molecular flexibility index (Phi) is 2.25. The van der Waals surface area contributed by atoms with Crippen LogP contribution >= 0.6 is 0 Å². The van der Waals surface area contributed by atoms with Crippen molar-refractivity contribution in [2.75, 3.05) is 0 Å².